The van der Waals surface area contributed by atoms with Gasteiger partial charge >= 0.3 is 0 Å². The first-order valence-electron chi connectivity index (χ1n) is 12.2. The number of hydrogen-bond acceptors (Lipinski definition) is 5. The highest BCUT2D eigenvalue weighted by Crippen LogP contribution is 2.38. The molecule has 7 heteroatoms. The SMILES string of the molecule is CC1CC1C(=O)Nc1ccc(C(=O)NCc2cccc(OCCN(C)C3CCOCC3)c2)cc1. The predicted octanol–water partition coefficient (Wildman–Crippen LogP) is 3.70. The van der Waals surface area contributed by atoms with Gasteiger partial charge in [-0.1, -0.05) is 19.1 Å². The summed E-state index contributed by atoms with van der Waals surface area (Å²) in [6.07, 6.45) is 3.09. The lowest BCUT2D eigenvalue weighted by Gasteiger charge is -2.31. The van der Waals surface area contributed by atoms with Gasteiger partial charge in [0.05, 0.1) is 0 Å². The zero-order valence-corrected chi connectivity index (χ0v) is 20.1. The number of benzene rings is 2. The Morgan fingerprint density at radius 3 is 2.56 bits per heavy atom. The number of hydrogen-bond donors (Lipinski definition) is 2. The molecule has 0 aromatic heterocycles. The van der Waals surface area contributed by atoms with Gasteiger partial charge in [-0.15, -0.1) is 0 Å². The molecular weight excluding hydrogens is 430 g/mol. The van der Waals surface area contributed by atoms with Crippen molar-refractivity contribution in [2.24, 2.45) is 11.8 Å². The molecule has 0 spiro atoms. The van der Waals surface area contributed by atoms with Crippen molar-refractivity contribution >= 4 is 17.5 Å². The Kier molecular flexibility index (Phi) is 8.19. The molecule has 1 saturated heterocycles. The van der Waals surface area contributed by atoms with Crippen molar-refractivity contribution in [3.63, 3.8) is 0 Å². The minimum absolute atomic E-state index is 0.0574. The summed E-state index contributed by atoms with van der Waals surface area (Å²) in [5.74, 6) is 1.29. The first-order valence-corrected chi connectivity index (χ1v) is 12.2. The molecular formula is C27H35N3O4. The fourth-order valence-electron chi connectivity index (χ4n) is 4.27. The molecule has 2 amide bonds. The summed E-state index contributed by atoms with van der Waals surface area (Å²) >= 11 is 0. The third kappa shape index (κ3) is 6.81. The molecule has 4 rings (SSSR count). The quantitative estimate of drug-likeness (QED) is 0.559. The number of rotatable bonds is 10. The number of carbonyl (C=O) groups is 2. The van der Waals surface area contributed by atoms with E-state index in [9.17, 15) is 9.59 Å². The van der Waals surface area contributed by atoms with E-state index >= 15 is 0 Å². The van der Waals surface area contributed by atoms with Crippen molar-refractivity contribution in [1.29, 1.82) is 0 Å². The zero-order valence-electron chi connectivity index (χ0n) is 20.1. The van der Waals surface area contributed by atoms with Gasteiger partial charge in [-0.2, -0.15) is 0 Å². The molecule has 0 radical (unpaired) electrons. The van der Waals surface area contributed by atoms with E-state index in [-0.39, 0.29) is 17.7 Å². The molecule has 2 fully saturated rings. The summed E-state index contributed by atoms with van der Waals surface area (Å²) < 4.78 is 11.4. The van der Waals surface area contributed by atoms with E-state index in [1.54, 1.807) is 24.3 Å². The predicted molar refractivity (Wildman–Crippen MR) is 132 cm³/mol. The molecule has 2 atom stereocenters. The second-order valence-electron chi connectivity index (χ2n) is 9.39. The van der Waals surface area contributed by atoms with Crippen molar-refractivity contribution in [3.05, 3.63) is 59.7 Å². The van der Waals surface area contributed by atoms with E-state index < -0.39 is 0 Å². The van der Waals surface area contributed by atoms with Crippen LogP contribution in [0.2, 0.25) is 0 Å². The van der Waals surface area contributed by atoms with Gasteiger partial charge in [0.1, 0.15) is 12.4 Å². The van der Waals surface area contributed by atoms with Gasteiger partial charge in [0.25, 0.3) is 5.91 Å². The molecule has 7 nitrogen and oxygen atoms in total. The Labute approximate surface area is 201 Å². The number of ether oxygens (including phenoxy) is 2. The molecule has 34 heavy (non-hydrogen) atoms. The lowest BCUT2D eigenvalue weighted by atomic mass is 10.1. The first-order chi connectivity index (χ1) is 16.5. The summed E-state index contributed by atoms with van der Waals surface area (Å²) in [5.41, 5.74) is 2.25. The van der Waals surface area contributed by atoms with E-state index in [0.29, 0.717) is 36.4 Å². The Morgan fingerprint density at radius 1 is 1.12 bits per heavy atom. The number of nitrogens with one attached hydrogen (secondary N) is 2. The summed E-state index contributed by atoms with van der Waals surface area (Å²) in [5, 5.41) is 5.87. The molecule has 2 aromatic carbocycles. The smallest absolute Gasteiger partial charge is 0.251 e. The molecule has 2 aliphatic rings. The normalized spacial score (nSPS) is 20.1. The van der Waals surface area contributed by atoms with Crippen LogP contribution in [-0.4, -0.2) is 56.2 Å². The summed E-state index contributed by atoms with van der Waals surface area (Å²) in [4.78, 5) is 26.9. The largest absolute Gasteiger partial charge is 0.492 e. The molecule has 182 valence electrons. The van der Waals surface area contributed by atoms with Gasteiger partial charge in [0.2, 0.25) is 5.91 Å². The van der Waals surface area contributed by atoms with Crippen molar-refractivity contribution in [2.75, 3.05) is 38.7 Å². The van der Waals surface area contributed by atoms with Gasteiger partial charge in [-0.05, 0) is 74.2 Å². The van der Waals surface area contributed by atoms with Crippen LogP contribution in [0.4, 0.5) is 5.69 Å². The zero-order chi connectivity index (χ0) is 23.9. The van der Waals surface area contributed by atoms with Crippen LogP contribution in [0.5, 0.6) is 5.75 Å². The second-order valence-corrected chi connectivity index (χ2v) is 9.39. The Balaban J connectivity index is 1.20. The van der Waals surface area contributed by atoms with Crippen LogP contribution in [0.3, 0.4) is 0 Å². The van der Waals surface area contributed by atoms with Crippen molar-refractivity contribution < 1.29 is 19.1 Å². The van der Waals surface area contributed by atoms with Crippen LogP contribution in [0, 0.1) is 11.8 Å². The van der Waals surface area contributed by atoms with Gasteiger partial charge in [0, 0.05) is 49.5 Å². The topological polar surface area (TPSA) is 79.9 Å². The first kappa shape index (κ1) is 24.2. The highest BCUT2D eigenvalue weighted by Gasteiger charge is 2.39. The van der Waals surface area contributed by atoms with Crippen molar-refractivity contribution in [2.45, 2.75) is 38.8 Å². The summed E-state index contributed by atoms with van der Waals surface area (Å²) in [6.45, 7) is 5.64. The Bertz CT molecular complexity index is 972. The molecule has 2 unspecified atom stereocenters. The van der Waals surface area contributed by atoms with E-state index in [2.05, 4.69) is 29.5 Å². The standard InChI is InChI=1S/C27H35N3O4/c1-19-16-25(19)27(32)29-22-8-6-21(7-9-22)26(31)28-18-20-4-3-5-24(17-20)34-15-12-30(2)23-10-13-33-14-11-23/h3-9,17,19,23,25H,10-16,18H2,1-2H3,(H,28,31)(H,29,32). The fourth-order valence-corrected chi connectivity index (χ4v) is 4.27. The number of carbonyl (C=O) groups excluding carboxylic acids is 2. The van der Waals surface area contributed by atoms with Crippen LogP contribution in [0.1, 0.15) is 42.1 Å². The van der Waals surface area contributed by atoms with Gasteiger partial charge in [-0.3, -0.25) is 14.5 Å². The molecule has 2 N–H and O–H groups in total. The maximum absolute atomic E-state index is 12.6. The van der Waals surface area contributed by atoms with Crippen LogP contribution in [0.25, 0.3) is 0 Å². The van der Waals surface area contributed by atoms with E-state index in [0.717, 1.165) is 50.3 Å². The third-order valence-corrected chi connectivity index (χ3v) is 6.74. The lowest BCUT2D eigenvalue weighted by molar-refractivity contribution is -0.117. The third-order valence-electron chi connectivity index (χ3n) is 6.74. The van der Waals surface area contributed by atoms with Gasteiger partial charge < -0.3 is 20.1 Å². The molecule has 1 aliphatic carbocycles. The molecule has 2 aromatic rings. The number of anilines is 1. The summed E-state index contributed by atoms with van der Waals surface area (Å²) in [7, 11) is 2.14. The van der Waals surface area contributed by atoms with E-state index in [4.69, 9.17) is 9.47 Å². The van der Waals surface area contributed by atoms with Crippen molar-refractivity contribution in [1.82, 2.24) is 10.2 Å². The van der Waals surface area contributed by atoms with Crippen LogP contribution in [0.15, 0.2) is 48.5 Å². The molecule has 1 saturated carbocycles. The highest BCUT2D eigenvalue weighted by atomic mass is 16.5. The maximum atomic E-state index is 12.6. The average Bonchev–Trinajstić information content (AvgIpc) is 3.60. The molecule has 1 heterocycles. The maximum Gasteiger partial charge on any atom is 0.251 e. The Hall–Kier alpha value is -2.90. The molecule has 0 bridgehead atoms. The second kappa shape index (κ2) is 11.5. The molecule has 1 aliphatic heterocycles. The lowest BCUT2D eigenvalue weighted by Crippen LogP contribution is -2.38. The highest BCUT2D eigenvalue weighted by molar-refractivity contribution is 5.96. The number of amides is 2. The van der Waals surface area contributed by atoms with E-state index in [1.165, 1.54) is 0 Å². The number of likely N-dealkylation sites (N-methyl/N-ethyl adjacent to an activating group) is 1. The van der Waals surface area contributed by atoms with Crippen LogP contribution >= 0.6 is 0 Å². The van der Waals surface area contributed by atoms with Gasteiger partial charge in [0.15, 0.2) is 0 Å². The minimum atomic E-state index is -0.155. The summed E-state index contributed by atoms with van der Waals surface area (Å²) in [6, 6.07) is 15.4. The average molecular weight is 466 g/mol. The van der Waals surface area contributed by atoms with Gasteiger partial charge in [-0.25, -0.2) is 0 Å². The minimum Gasteiger partial charge on any atom is -0.492 e. The number of nitrogens with zero attached hydrogens (tertiary/aromatic N) is 1. The fraction of sp³-hybridized carbons (Fsp3) is 0.481. The monoisotopic (exact) mass is 465 g/mol. The van der Waals surface area contributed by atoms with E-state index in [1.807, 2.05) is 24.3 Å². The van der Waals surface area contributed by atoms with Crippen LogP contribution < -0.4 is 15.4 Å². The Morgan fingerprint density at radius 2 is 1.85 bits per heavy atom. The van der Waals surface area contributed by atoms with Crippen molar-refractivity contribution in [3.8, 4) is 5.75 Å². The van der Waals surface area contributed by atoms with Crippen LogP contribution in [-0.2, 0) is 16.1 Å².